The molecule has 3 rings (SSSR count). The summed E-state index contributed by atoms with van der Waals surface area (Å²) in [4.78, 5) is 35.7. The van der Waals surface area contributed by atoms with E-state index in [-0.39, 0.29) is 17.0 Å². The number of amides is 1. The summed E-state index contributed by atoms with van der Waals surface area (Å²) in [6.07, 6.45) is 3.37. The van der Waals surface area contributed by atoms with Crippen LogP contribution in [-0.2, 0) is 19.3 Å². The molecule has 0 spiro atoms. The summed E-state index contributed by atoms with van der Waals surface area (Å²) in [5.41, 5.74) is 3.74. The fourth-order valence-electron chi connectivity index (χ4n) is 2.98. The van der Waals surface area contributed by atoms with E-state index >= 15 is 0 Å². The first kappa shape index (κ1) is 15.4. The van der Waals surface area contributed by atoms with Crippen LogP contribution in [0.5, 0.6) is 0 Å². The van der Waals surface area contributed by atoms with Crippen LogP contribution < -0.4 is 10.9 Å². The molecule has 0 fully saturated rings. The Morgan fingerprint density at radius 2 is 1.96 bits per heavy atom. The second-order valence-electron chi connectivity index (χ2n) is 5.94. The minimum atomic E-state index is -0.342. The molecule has 0 saturated heterocycles. The fraction of sp³-hybridized carbons (Fsp3) is 0.412. The molecule has 6 nitrogen and oxygen atoms in total. The van der Waals surface area contributed by atoms with Crippen molar-refractivity contribution in [3.8, 4) is 0 Å². The molecule has 23 heavy (non-hydrogen) atoms. The Kier molecular flexibility index (Phi) is 4.23. The molecule has 0 aromatic carbocycles. The van der Waals surface area contributed by atoms with E-state index in [0.717, 1.165) is 41.9 Å². The molecule has 1 aliphatic rings. The molecule has 6 heteroatoms. The second kappa shape index (κ2) is 6.32. The van der Waals surface area contributed by atoms with E-state index in [0.29, 0.717) is 18.8 Å². The van der Waals surface area contributed by atoms with Crippen LogP contribution in [0.2, 0.25) is 0 Å². The van der Waals surface area contributed by atoms with Crippen molar-refractivity contribution in [2.75, 3.05) is 6.54 Å². The van der Waals surface area contributed by atoms with Crippen molar-refractivity contribution in [3.05, 3.63) is 56.5 Å². The van der Waals surface area contributed by atoms with Crippen molar-refractivity contribution in [1.29, 1.82) is 0 Å². The average molecular weight is 312 g/mol. The van der Waals surface area contributed by atoms with Gasteiger partial charge in [-0.05, 0) is 50.8 Å². The Labute approximate surface area is 134 Å². The number of aromatic nitrogens is 3. The van der Waals surface area contributed by atoms with Gasteiger partial charge >= 0.3 is 0 Å². The summed E-state index contributed by atoms with van der Waals surface area (Å²) in [5, 5.41) is 2.78. The summed E-state index contributed by atoms with van der Waals surface area (Å²) in [7, 11) is 0. The number of aryl methyl sites for hydroxylation is 4. The number of aromatic amines is 1. The van der Waals surface area contributed by atoms with Gasteiger partial charge in [0.2, 0.25) is 0 Å². The highest BCUT2D eigenvalue weighted by Crippen LogP contribution is 2.18. The monoisotopic (exact) mass is 312 g/mol. The van der Waals surface area contributed by atoms with Crippen molar-refractivity contribution in [1.82, 2.24) is 20.3 Å². The van der Waals surface area contributed by atoms with E-state index in [1.54, 1.807) is 6.07 Å². The van der Waals surface area contributed by atoms with E-state index in [1.807, 2.05) is 19.9 Å². The molecular weight excluding hydrogens is 292 g/mol. The summed E-state index contributed by atoms with van der Waals surface area (Å²) in [6.45, 7) is 4.24. The maximum Gasteiger partial charge on any atom is 0.261 e. The maximum absolute atomic E-state index is 12.2. The highest BCUT2D eigenvalue weighted by atomic mass is 16.2. The number of hydrogen-bond donors (Lipinski definition) is 2. The molecule has 0 bridgehead atoms. The van der Waals surface area contributed by atoms with Crippen LogP contribution in [0, 0.1) is 13.8 Å². The third-order valence-electron chi connectivity index (χ3n) is 4.00. The fourth-order valence-corrected chi connectivity index (χ4v) is 2.98. The predicted octanol–water partition coefficient (Wildman–Crippen LogP) is 1.24. The molecule has 2 aromatic rings. The van der Waals surface area contributed by atoms with Gasteiger partial charge in [-0.15, -0.1) is 0 Å². The van der Waals surface area contributed by atoms with E-state index < -0.39 is 0 Å². The molecule has 2 heterocycles. The second-order valence-corrected chi connectivity index (χ2v) is 5.94. The van der Waals surface area contributed by atoms with Gasteiger partial charge < -0.3 is 10.3 Å². The van der Waals surface area contributed by atoms with Crippen LogP contribution >= 0.6 is 0 Å². The number of carbonyl (C=O) groups is 1. The van der Waals surface area contributed by atoms with Gasteiger partial charge in [-0.3, -0.25) is 9.59 Å². The van der Waals surface area contributed by atoms with Crippen LogP contribution in [0.15, 0.2) is 16.9 Å². The molecule has 120 valence electrons. The first-order valence-corrected chi connectivity index (χ1v) is 7.87. The van der Waals surface area contributed by atoms with Crippen LogP contribution in [0.4, 0.5) is 0 Å². The van der Waals surface area contributed by atoms with Crippen molar-refractivity contribution in [2.45, 2.75) is 39.5 Å². The number of rotatable bonds is 4. The highest BCUT2D eigenvalue weighted by Gasteiger charge is 2.17. The first-order valence-electron chi connectivity index (χ1n) is 7.87. The molecule has 0 atom stereocenters. The molecule has 0 unspecified atom stereocenters. The number of nitrogens with zero attached hydrogens (tertiary/aromatic N) is 2. The van der Waals surface area contributed by atoms with Gasteiger partial charge in [-0.2, -0.15) is 0 Å². The standard InChI is InChI=1S/C17H20N4O2/c1-10-8-11(2)20-15(19-10)6-7-18-16(22)13-9-12-4-3-5-14(12)21-17(13)23/h8-9H,3-7H2,1-2H3,(H,18,22)(H,21,23). The van der Waals surface area contributed by atoms with Crippen LogP contribution in [0.25, 0.3) is 0 Å². The Hall–Kier alpha value is -2.50. The third kappa shape index (κ3) is 3.47. The molecule has 1 aliphatic carbocycles. The Morgan fingerprint density at radius 3 is 2.70 bits per heavy atom. The van der Waals surface area contributed by atoms with Crippen LogP contribution in [-0.4, -0.2) is 27.4 Å². The minimum absolute atomic E-state index is 0.187. The van der Waals surface area contributed by atoms with Crippen LogP contribution in [0.3, 0.4) is 0 Å². The Balaban J connectivity index is 1.65. The molecule has 0 aliphatic heterocycles. The largest absolute Gasteiger partial charge is 0.351 e. The maximum atomic E-state index is 12.2. The summed E-state index contributed by atoms with van der Waals surface area (Å²) < 4.78 is 0. The van der Waals surface area contributed by atoms with E-state index in [9.17, 15) is 9.59 Å². The predicted molar refractivity (Wildman–Crippen MR) is 86.6 cm³/mol. The smallest absolute Gasteiger partial charge is 0.261 e. The van der Waals surface area contributed by atoms with E-state index in [2.05, 4.69) is 20.3 Å². The quantitative estimate of drug-likeness (QED) is 0.889. The minimum Gasteiger partial charge on any atom is -0.351 e. The zero-order chi connectivity index (χ0) is 16.4. The average Bonchev–Trinajstić information content (AvgIpc) is 2.92. The Morgan fingerprint density at radius 1 is 1.22 bits per heavy atom. The van der Waals surface area contributed by atoms with Crippen LogP contribution in [0.1, 0.15) is 45.2 Å². The lowest BCUT2D eigenvalue weighted by atomic mass is 10.1. The van der Waals surface area contributed by atoms with Crippen molar-refractivity contribution in [3.63, 3.8) is 0 Å². The lowest BCUT2D eigenvalue weighted by Gasteiger charge is -2.07. The normalized spacial score (nSPS) is 13.0. The van der Waals surface area contributed by atoms with Crippen molar-refractivity contribution >= 4 is 5.91 Å². The number of H-pyrrole nitrogens is 1. The third-order valence-corrected chi connectivity index (χ3v) is 4.00. The van der Waals surface area contributed by atoms with Gasteiger partial charge in [0.15, 0.2) is 0 Å². The highest BCUT2D eigenvalue weighted by molar-refractivity contribution is 5.94. The molecule has 0 radical (unpaired) electrons. The molecule has 2 N–H and O–H groups in total. The number of hydrogen-bond acceptors (Lipinski definition) is 4. The van der Waals surface area contributed by atoms with E-state index in [1.165, 1.54) is 0 Å². The number of pyridine rings is 1. The van der Waals surface area contributed by atoms with E-state index in [4.69, 9.17) is 0 Å². The van der Waals surface area contributed by atoms with Gasteiger partial charge in [0.05, 0.1) is 0 Å². The molecule has 2 aromatic heterocycles. The van der Waals surface area contributed by atoms with Gasteiger partial charge in [0, 0.05) is 30.0 Å². The SMILES string of the molecule is Cc1cc(C)nc(CCNC(=O)c2cc3c([nH]c2=O)CCC3)n1. The van der Waals surface area contributed by atoms with Crippen molar-refractivity contribution < 1.29 is 4.79 Å². The summed E-state index contributed by atoms with van der Waals surface area (Å²) in [6, 6.07) is 3.63. The lowest BCUT2D eigenvalue weighted by Crippen LogP contribution is -2.31. The van der Waals surface area contributed by atoms with Gasteiger partial charge in [0.1, 0.15) is 11.4 Å². The van der Waals surface area contributed by atoms with Gasteiger partial charge in [-0.25, -0.2) is 9.97 Å². The van der Waals surface area contributed by atoms with Gasteiger partial charge in [-0.1, -0.05) is 0 Å². The topological polar surface area (TPSA) is 87.7 Å². The first-order chi connectivity index (χ1) is 11.0. The lowest BCUT2D eigenvalue weighted by molar-refractivity contribution is 0.0952. The molecule has 0 saturated carbocycles. The van der Waals surface area contributed by atoms with Gasteiger partial charge in [0.25, 0.3) is 11.5 Å². The number of nitrogens with one attached hydrogen (secondary N) is 2. The summed E-state index contributed by atoms with van der Waals surface area (Å²) in [5.74, 6) is 0.357. The number of fused-ring (bicyclic) bond motifs is 1. The number of carbonyl (C=O) groups excluding carboxylic acids is 1. The van der Waals surface area contributed by atoms with Crippen molar-refractivity contribution in [2.24, 2.45) is 0 Å². The summed E-state index contributed by atoms with van der Waals surface area (Å²) >= 11 is 0. The Bertz CT molecular complexity index is 790. The molecule has 1 amide bonds. The molecular formula is C17H20N4O2. The zero-order valence-electron chi connectivity index (χ0n) is 13.4. The zero-order valence-corrected chi connectivity index (χ0v) is 13.4.